The standard InChI is InChI=1S/C16H11BrO5/c1-21-15-12(20)6-10(18)14-11(19)7-13(22-16(14)15)8-4-2-3-5-9(8)17/h2-7,18,20H,1H3. The molecule has 2 N–H and O–H groups in total. The molecule has 112 valence electrons. The molecule has 1 heterocycles. The summed E-state index contributed by atoms with van der Waals surface area (Å²) in [5.74, 6) is -0.368. The lowest BCUT2D eigenvalue weighted by molar-refractivity contribution is 0.367. The van der Waals surface area contributed by atoms with Crippen molar-refractivity contribution in [2.75, 3.05) is 7.11 Å². The molecule has 0 radical (unpaired) electrons. The summed E-state index contributed by atoms with van der Waals surface area (Å²) in [7, 11) is 1.34. The molecule has 0 aliphatic heterocycles. The Morgan fingerprint density at radius 1 is 1.14 bits per heavy atom. The summed E-state index contributed by atoms with van der Waals surface area (Å²) < 4.78 is 11.6. The molecule has 3 rings (SSSR count). The van der Waals surface area contributed by atoms with Gasteiger partial charge in [-0.05, 0) is 6.07 Å². The lowest BCUT2D eigenvalue weighted by atomic mass is 10.1. The van der Waals surface area contributed by atoms with Gasteiger partial charge in [0.25, 0.3) is 0 Å². The third kappa shape index (κ3) is 2.21. The Kier molecular flexibility index (Phi) is 3.54. The van der Waals surface area contributed by atoms with Gasteiger partial charge in [-0.3, -0.25) is 4.79 Å². The highest BCUT2D eigenvalue weighted by molar-refractivity contribution is 9.10. The monoisotopic (exact) mass is 362 g/mol. The molecule has 0 fully saturated rings. The fourth-order valence-electron chi connectivity index (χ4n) is 2.27. The second kappa shape index (κ2) is 5.38. The van der Waals surface area contributed by atoms with Crippen molar-refractivity contribution < 1.29 is 19.4 Å². The highest BCUT2D eigenvalue weighted by Crippen LogP contribution is 2.40. The first-order valence-electron chi connectivity index (χ1n) is 6.34. The van der Waals surface area contributed by atoms with Gasteiger partial charge in [0.1, 0.15) is 16.9 Å². The molecule has 0 saturated heterocycles. The summed E-state index contributed by atoms with van der Waals surface area (Å²) >= 11 is 3.39. The number of hydrogen-bond acceptors (Lipinski definition) is 5. The first-order valence-corrected chi connectivity index (χ1v) is 7.14. The molecule has 0 saturated carbocycles. The first kappa shape index (κ1) is 14.5. The van der Waals surface area contributed by atoms with Gasteiger partial charge in [0.05, 0.1) is 7.11 Å². The van der Waals surface area contributed by atoms with Crippen LogP contribution in [0.1, 0.15) is 0 Å². The quantitative estimate of drug-likeness (QED) is 0.727. The largest absolute Gasteiger partial charge is 0.507 e. The van der Waals surface area contributed by atoms with Crippen LogP contribution in [0.5, 0.6) is 17.2 Å². The molecule has 2 aromatic carbocycles. The van der Waals surface area contributed by atoms with Gasteiger partial charge in [0, 0.05) is 22.2 Å². The van der Waals surface area contributed by atoms with Crippen molar-refractivity contribution in [1.29, 1.82) is 0 Å². The molecule has 0 unspecified atom stereocenters. The maximum atomic E-state index is 12.3. The predicted molar refractivity (Wildman–Crippen MR) is 85.5 cm³/mol. The number of phenolic OH excluding ortho intramolecular Hbond substituents is 2. The number of halogens is 1. The van der Waals surface area contributed by atoms with E-state index in [0.717, 1.165) is 10.5 Å². The van der Waals surface area contributed by atoms with E-state index in [1.165, 1.54) is 13.2 Å². The summed E-state index contributed by atoms with van der Waals surface area (Å²) in [5.41, 5.74) is 0.243. The maximum Gasteiger partial charge on any atom is 0.204 e. The smallest absolute Gasteiger partial charge is 0.204 e. The van der Waals surface area contributed by atoms with Gasteiger partial charge in [-0.2, -0.15) is 0 Å². The Bertz CT molecular complexity index is 930. The van der Waals surface area contributed by atoms with Crippen molar-refractivity contribution >= 4 is 26.9 Å². The number of aromatic hydroxyl groups is 2. The minimum absolute atomic E-state index is 0.00111. The number of fused-ring (bicyclic) bond motifs is 1. The topological polar surface area (TPSA) is 79.9 Å². The van der Waals surface area contributed by atoms with Crippen LogP contribution in [-0.2, 0) is 0 Å². The molecular weight excluding hydrogens is 352 g/mol. The molecular formula is C16H11BrO5. The van der Waals surface area contributed by atoms with Crippen LogP contribution >= 0.6 is 15.9 Å². The average Bonchev–Trinajstić information content (AvgIpc) is 2.47. The Morgan fingerprint density at radius 3 is 2.55 bits per heavy atom. The van der Waals surface area contributed by atoms with E-state index in [1.807, 2.05) is 18.2 Å². The second-order valence-electron chi connectivity index (χ2n) is 4.61. The van der Waals surface area contributed by atoms with Crippen molar-refractivity contribution in [3.63, 3.8) is 0 Å². The number of ether oxygens (including phenoxy) is 1. The highest BCUT2D eigenvalue weighted by atomic mass is 79.9. The summed E-state index contributed by atoms with van der Waals surface area (Å²) in [6.07, 6.45) is 0. The van der Waals surface area contributed by atoms with E-state index in [2.05, 4.69) is 15.9 Å². The number of phenols is 2. The van der Waals surface area contributed by atoms with Crippen molar-refractivity contribution in [2.24, 2.45) is 0 Å². The van der Waals surface area contributed by atoms with Crippen LogP contribution in [-0.4, -0.2) is 17.3 Å². The minimum atomic E-state index is -0.428. The van der Waals surface area contributed by atoms with Crippen molar-refractivity contribution in [2.45, 2.75) is 0 Å². The van der Waals surface area contributed by atoms with E-state index in [9.17, 15) is 15.0 Å². The van der Waals surface area contributed by atoms with Crippen LogP contribution in [0.2, 0.25) is 0 Å². The van der Waals surface area contributed by atoms with E-state index in [-0.39, 0.29) is 28.2 Å². The van der Waals surface area contributed by atoms with Crippen molar-refractivity contribution in [1.82, 2.24) is 0 Å². The number of benzene rings is 2. The summed E-state index contributed by atoms with van der Waals surface area (Å²) in [6.45, 7) is 0. The average molecular weight is 363 g/mol. The van der Waals surface area contributed by atoms with Crippen LogP contribution in [0, 0.1) is 0 Å². The third-order valence-corrected chi connectivity index (χ3v) is 3.95. The minimum Gasteiger partial charge on any atom is -0.507 e. The fraction of sp³-hybridized carbons (Fsp3) is 0.0625. The summed E-state index contributed by atoms with van der Waals surface area (Å²) in [4.78, 5) is 12.3. The van der Waals surface area contributed by atoms with Gasteiger partial charge in [-0.25, -0.2) is 0 Å². The van der Waals surface area contributed by atoms with Crippen LogP contribution in [0.15, 0.2) is 50.1 Å². The second-order valence-corrected chi connectivity index (χ2v) is 5.46. The predicted octanol–water partition coefficient (Wildman–Crippen LogP) is 3.64. The molecule has 3 aromatic rings. The summed E-state index contributed by atoms with van der Waals surface area (Å²) in [5, 5.41) is 19.7. The summed E-state index contributed by atoms with van der Waals surface area (Å²) in [6, 6.07) is 9.58. The Labute approximate surface area is 133 Å². The van der Waals surface area contributed by atoms with E-state index in [0.29, 0.717) is 11.3 Å². The zero-order chi connectivity index (χ0) is 15.9. The van der Waals surface area contributed by atoms with E-state index in [4.69, 9.17) is 9.15 Å². The maximum absolute atomic E-state index is 12.3. The lowest BCUT2D eigenvalue weighted by Crippen LogP contribution is -2.02. The Hall–Kier alpha value is -2.47. The van der Waals surface area contributed by atoms with Gasteiger partial charge in [0.2, 0.25) is 5.75 Å². The van der Waals surface area contributed by atoms with Gasteiger partial charge >= 0.3 is 0 Å². The molecule has 0 spiro atoms. The van der Waals surface area contributed by atoms with E-state index < -0.39 is 5.43 Å². The highest BCUT2D eigenvalue weighted by Gasteiger charge is 2.19. The molecule has 0 amide bonds. The van der Waals surface area contributed by atoms with Gasteiger partial charge in [-0.15, -0.1) is 0 Å². The molecule has 6 heteroatoms. The molecule has 0 aliphatic rings. The lowest BCUT2D eigenvalue weighted by Gasteiger charge is -2.10. The number of methoxy groups -OCH3 is 1. The number of hydrogen-bond donors (Lipinski definition) is 2. The first-order chi connectivity index (χ1) is 10.5. The van der Waals surface area contributed by atoms with Crippen LogP contribution in [0.3, 0.4) is 0 Å². The molecule has 22 heavy (non-hydrogen) atoms. The van der Waals surface area contributed by atoms with E-state index in [1.54, 1.807) is 6.07 Å². The zero-order valence-electron chi connectivity index (χ0n) is 11.5. The van der Waals surface area contributed by atoms with Crippen molar-refractivity contribution in [3.05, 3.63) is 51.1 Å². The Balaban J connectivity index is 2.42. The molecule has 0 bridgehead atoms. The SMILES string of the molecule is COc1c(O)cc(O)c2c(=O)cc(-c3ccccc3Br)oc12. The van der Waals surface area contributed by atoms with Crippen LogP contribution in [0.25, 0.3) is 22.3 Å². The fourth-order valence-corrected chi connectivity index (χ4v) is 2.75. The third-order valence-electron chi connectivity index (χ3n) is 3.26. The van der Waals surface area contributed by atoms with Gasteiger partial charge in [-0.1, -0.05) is 34.1 Å². The normalized spacial score (nSPS) is 10.8. The molecule has 0 aliphatic carbocycles. The number of rotatable bonds is 2. The van der Waals surface area contributed by atoms with Crippen LogP contribution < -0.4 is 10.2 Å². The van der Waals surface area contributed by atoms with Crippen molar-refractivity contribution in [3.8, 4) is 28.6 Å². The van der Waals surface area contributed by atoms with Gasteiger partial charge < -0.3 is 19.4 Å². The van der Waals surface area contributed by atoms with Gasteiger partial charge in [0.15, 0.2) is 16.8 Å². The zero-order valence-corrected chi connectivity index (χ0v) is 13.0. The van der Waals surface area contributed by atoms with Crippen LogP contribution in [0.4, 0.5) is 0 Å². The molecule has 0 atom stereocenters. The van der Waals surface area contributed by atoms with E-state index >= 15 is 0 Å². The molecule has 1 aromatic heterocycles. The molecule has 5 nitrogen and oxygen atoms in total. The Morgan fingerprint density at radius 2 is 1.86 bits per heavy atom.